The van der Waals surface area contributed by atoms with Crippen molar-refractivity contribution in [3.05, 3.63) is 36.2 Å². The number of aromatic nitrogens is 3. The molecule has 0 saturated carbocycles. The molecule has 1 unspecified atom stereocenters. The third-order valence-corrected chi connectivity index (χ3v) is 10.8. The van der Waals surface area contributed by atoms with Crippen LogP contribution < -0.4 is 10.6 Å². The van der Waals surface area contributed by atoms with Crippen molar-refractivity contribution in [3.63, 3.8) is 0 Å². The van der Waals surface area contributed by atoms with Gasteiger partial charge in [-0.05, 0) is 39.3 Å². The summed E-state index contributed by atoms with van der Waals surface area (Å²) in [4.78, 5) is 35.0. The monoisotopic (exact) mass is 740 g/mol. The Hall–Kier alpha value is -3.70. The number of hydrogen-bond acceptors (Lipinski definition) is 9. The molecule has 2 atom stereocenters. The molecule has 1 saturated heterocycles. The van der Waals surface area contributed by atoms with Gasteiger partial charge in [0.05, 0.1) is 16.1 Å². The Morgan fingerprint density at radius 2 is 1.78 bits per heavy atom. The van der Waals surface area contributed by atoms with Crippen LogP contribution in [-0.4, -0.2) is 91.6 Å². The van der Waals surface area contributed by atoms with Gasteiger partial charge in [0.1, 0.15) is 17.9 Å². The summed E-state index contributed by atoms with van der Waals surface area (Å²) in [5.74, 6) is -0.363. The maximum atomic E-state index is 14.5. The summed E-state index contributed by atoms with van der Waals surface area (Å²) in [6, 6.07) is 4.24. The Labute approximate surface area is 292 Å². The Morgan fingerprint density at radius 3 is 2.38 bits per heavy atom. The Kier molecular flexibility index (Phi) is 11.6. The number of fused-ring (bicyclic) bond motifs is 1. The van der Waals surface area contributed by atoms with Crippen molar-refractivity contribution < 1.29 is 40.7 Å². The van der Waals surface area contributed by atoms with Crippen molar-refractivity contribution in [1.82, 2.24) is 24.8 Å². The number of hydrogen-bond donors (Lipinski definition) is 2. The van der Waals surface area contributed by atoms with Crippen molar-refractivity contribution in [2.75, 3.05) is 31.3 Å². The molecule has 2 amide bonds. The number of benzene rings is 1. The predicted octanol–water partition coefficient (Wildman–Crippen LogP) is 6.15. The van der Waals surface area contributed by atoms with Crippen LogP contribution in [0.3, 0.4) is 0 Å². The number of halogens is 3. The summed E-state index contributed by atoms with van der Waals surface area (Å²) in [5.41, 5.74) is -2.10. The van der Waals surface area contributed by atoms with Gasteiger partial charge in [-0.3, -0.25) is 4.79 Å². The lowest BCUT2D eigenvalue weighted by Gasteiger charge is -2.38. The van der Waals surface area contributed by atoms with Gasteiger partial charge >= 0.3 is 12.3 Å². The molecule has 1 aliphatic rings. The number of rotatable bonds is 11. The second-order valence-corrected chi connectivity index (χ2v) is 22.4. The number of likely N-dealkylation sites (tertiary alicyclic amines) is 1. The third-order valence-electron chi connectivity index (χ3n) is 7.96. The largest absolute Gasteiger partial charge is 0.444 e. The van der Waals surface area contributed by atoms with Gasteiger partial charge in [-0.15, -0.1) is 0 Å². The molecule has 1 fully saturated rings. The highest BCUT2D eigenvalue weighted by Gasteiger charge is 2.38. The molecule has 17 heteroatoms. The van der Waals surface area contributed by atoms with Crippen LogP contribution in [0.25, 0.3) is 22.2 Å². The second kappa shape index (κ2) is 14.9. The number of nitrogens with one attached hydrogen (secondary N) is 2. The number of sulfone groups is 1. The molecule has 1 aromatic carbocycles. The van der Waals surface area contributed by atoms with Crippen LogP contribution in [0.2, 0.25) is 25.7 Å². The van der Waals surface area contributed by atoms with Crippen LogP contribution in [0, 0.1) is 0 Å². The van der Waals surface area contributed by atoms with Gasteiger partial charge in [0.15, 0.2) is 9.84 Å². The molecular formula is C33H47F3N6O6SSi. The first kappa shape index (κ1) is 39.1. The molecule has 0 aliphatic carbocycles. The third kappa shape index (κ3) is 10.2. The molecule has 2 aromatic heterocycles. The highest BCUT2D eigenvalue weighted by Crippen LogP contribution is 2.41. The molecule has 3 aromatic rings. The quantitative estimate of drug-likeness (QED) is 0.175. The number of ether oxygens (including phenoxy) is 2. The Morgan fingerprint density at radius 1 is 1.10 bits per heavy atom. The molecule has 4 rings (SSSR count). The summed E-state index contributed by atoms with van der Waals surface area (Å²) in [6.07, 6.45) is -1.74. The molecule has 12 nitrogen and oxygen atoms in total. The van der Waals surface area contributed by atoms with E-state index in [1.54, 1.807) is 33.8 Å². The highest BCUT2D eigenvalue weighted by atomic mass is 32.2. The average molecular weight is 741 g/mol. The van der Waals surface area contributed by atoms with Crippen LogP contribution in [-0.2, 0) is 37.0 Å². The first-order valence-corrected chi connectivity index (χ1v) is 22.0. The Bertz CT molecular complexity index is 1820. The van der Waals surface area contributed by atoms with E-state index in [0.717, 1.165) is 12.3 Å². The fourth-order valence-electron chi connectivity index (χ4n) is 5.62. The number of para-hydroxylation sites is 1. The first-order valence-electron chi connectivity index (χ1n) is 16.4. The van der Waals surface area contributed by atoms with Crippen LogP contribution in [0.5, 0.6) is 0 Å². The van der Waals surface area contributed by atoms with E-state index in [-0.39, 0.29) is 59.5 Å². The van der Waals surface area contributed by atoms with Crippen LogP contribution in [0.15, 0.2) is 35.5 Å². The maximum absolute atomic E-state index is 14.5. The van der Waals surface area contributed by atoms with Crippen molar-refractivity contribution in [2.45, 2.75) is 102 Å². The van der Waals surface area contributed by atoms with Crippen molar-refractivity contribution in [1.29, 1.82) is 0 Å². The lowest BCUT2D eigenvalue weighted by atomic mass is 10.0. The lowest BCUT2D eigenvalue weighted by Crippen LogP contribution is -2.56. The van der Waals surface area contributed by atoms with Gasteiger partial charge in [0.25, 0.3) is 0 Å². The van der Waals surface area contributed by atoms with Gasteiger partial charge in [-0.2, -0.15) is 13.2 Å². The minimum absolute atomic E-state index is 0.0455. The molecule has 276 valence electrons. The average Bonchev–Trinajstić information content (AvgIpc) is 3.35. The summed E-state index contributed by atoms with van der Waals surface area (Å²) in [6.45, 7) is 14.1. The molecule has 1 aliphatic heterocycles. The van der Waals surface area contributed by atoms with Crippen LogP contribution in [0.1, 0.15) is 46.1 Å². The number of anilines is 1. The summed E-state index contributed by atoms with van der Waals surface area (Å²) in [7, 11) is -5.24. The first-order chi connectivity index (χ1) is 23.1. The number of alkyl halides is 3. The molecule has 0 bridgehead atoms. The second-order valence-electron chi connectivity index (χ2n) is 14.8. The molecule has 0 radical (unpaired) electrons. The molecule has 50 heavy (non-hydrogen) atoms. The minimum atomic E-state index is -4.85. The van der Waals surface area contributed by atoms with Gasteiger partial charge in [-0.25, -0.2) is 23.2 Å². The molecule has 3 heterocycles. The normalized spacial score (nSPS) is 17.5. The van der Waals surface area contributed by atoms with E-state index in [1.165, 1.54) is 27.8 Å². The van der Waals surface area contributed by atoms with Crippen LogP contribution >= 0.6 is 0 Å². The van der Waals surface area contributed by atoms with E-state index < -0.39 is 59.1 Å². The summed E-state index contributed by atoms with van der Waals surface area (Å²) < 4.78 is 82.2. The van der Waals surface area contributed by atoms with Gasteiger partial charge < -0.3 is 29.6 Å². The number of amides is 2. The minimum Gasteiger partial charge on any atom is -0.444 e. The van der Waals surface area contributed by atoms with E-state index in [0.29, 0.717) is 19.2 Å². The van der Waals surface area contributed by atoms with Crippen molar-refractivity contribution >= 4 is 46.8 Å². The van der Waals surface area contributed by atoms with E-state index in [4.69, 9.17) is 9.47 Å². The maximum Gasteiger partial charge on any atom is 0.419 e. The number of carbonyl (C=O) groups excluding carboxylic acids is 2. The topological polar surface area (TPSA) is 145 Å². The fourth-order valence-corrected chi connectivity index (χ4v) is 7.28. The van der Waals surface area contributed by atoms with E-state index in [9.17, 15) is 31.2 Å². The van der Waals surface area contributed by atoms with E-state index in [2.05, 4.69) is 40.2 Å². The zero-order chi connectivity index (χ0) is 37.2. The number of nitrogens with zero attached hydrogens (tertiary/aromatic N) is 4. The van der Waals surface area contributed by atoms with Crippen LogP contribution in [0.4, 0.5) is 23.9 Å². The zero-order valence-electron chi connectivity index (χ0n) is 29.8. The van der Waals surface area contributed by atoms with Gasteiger partial charge in [0.2, 0.25) is 11.9 Å². The Balaban J connectivity index is 1.77. The fraction of sp³-hybridized carbons (Fsp3) is 0.576. The molecular weight excluding hydrogens is 694 g/mol. The zero-order valence-corrected chi connectivity index (χ0v) is 31.6. The van der Waals surface area contributed by atoms with Gasteiger partial charge in [0, 0.05) is 75.9 Å². The smallest absolute Gasteiger partial charge is 0.419 e. The predicted molar refractivity (Wildman–Crippen MR) is 187 cm³/mol. The van der Waals surface area contributed by atoms with E-state index >= 15 is 0 Å². The molecule has 0 spiro atoms. The lowest BCUT2D eigenvalue weighted by molar-refractivity contribution is -0.137. The summed E-state index contributed by atoms with van der Waals surface area (Å²) >= 11 is 0. The standard InChI is InChI=1S/C33H47F3N6O6SSi/c1-9-27(43)38-21-15-22(18-41(17-21)31(44)48-32(2,3)4)39-30-37-16-25(33(34,35)36)28(40-30)24-19-42(20-47-13-14-50(6,7)8)29-23(24)11-10-12-26(29)49(5,45)46/h10-12,16,19,21-22H,9,13-15,17-18,20H2,1-8H3,(H,38,43)(H,37,39,40)/t21?,22-/m0/s1. The summed E-state index contributed by atoms with van der Waals surface area (Å²) in [5, 5.41) is 6.20. The number of piperidine rings is 1. The van der Waals surface area contributed by atoms with Crippen molar-refractivity contribution in [3.8, 4) is 11.3 Å². The number of carbonyl (C=O) groups is 2. The van der Waals surface area contributed by atoms with Gasteiger partial charge in [-0.1, -0.05) is 38.7 Å². The molecule has 2 N–H and O–H groups in total. The highest BCUT2D eigenvalue weighted by molar-refractivity contribution is 7.91. The van der Waals surface area contributed by atoms with Crippen molar-refractivity contribution in [2.24, 2.45) is 0 Å². The SMILES string of the molecule is CCC(=O)NC1C[C@H](Nc2ncc(C(F)(F)F)c(-c3cn(COCC[Si](C)(C)C)c4c(S(C)(=O)=O)cccc34)n2)CN(C(=O)OC(C)(C)C)C1. The van der Waals surface area contributed by atoms with E-state index in [1.807, 2.05) is 0 Å².